The van der Waals surface area contributed by atoms with E-state index in [4.69, 9.17) is 5.11 Å². The fourth-order valence-electron chi connectivity index (χ4n) is 0.768. The van der Waals surface area contributed by atoms with E-state index in [2.05, 4.69) is 5.32 Å². The minimum absolute atomic E-state index is 0.348. The van der Waals surface area contributed by atoms with Crippen molar-refractivity contribution in [1.29, 1.82) is 0 Å². The Labute approximate surface area is 83.6 Å². The van der Waals surface area contributed by atoms with Crippen LogP contribution in [-0.2, 0) is 4.79 Å². The van der Waals surface area contributed by atoms with Gasteiger partial charge in [-0.1, -0.05) is 0 Å². The van der Waals surface area contributed by atoms with E-state index in [0.29, 0.717) is 0 Å². The number of aliphatic carboxylic acids is 1. The molecule has 0 aliphatic heterocycles. The van der Waals surface area contributed by atoms with Crippen LogP contribution in [0.25, 0.3) is 0 Å². The molecular formula is C7H11F3N2O3. The second kappa shape index (κ2) is 5.42. The maximum atomic E-state index is 11.6. The second-order valence-corrected chi connectivity index (χ2v) is 2.94. The highest BCUT2D eigenvalue weighted by atomic mass is 19.4. The Kier molecular flexibility index (Phi) is 4.89. The summed E-state index contributed by atoms with van der Waals surface area (Å²) >= 11 is 0. The third-order valence-electron chi connectivity index (χ3n) is 1.31. The SMILES string of the molecule is CC(CC(=O)O)NC(=O)NCC(F)(F)F. The van der Waals surface area contributed by atoms with Gasteiger partial charge < -0.3 is 15.7 Å². The molecule has 0 saturated carbocycles. The van der Waals surface area contributed by atoms with Crippen LogP contribution in [0.4, 0.5) is 18.0 Å². The summed E-state index contributed by atoms with van der Waals surface area (Å²) in [6, 6.07) is -1.77. The van der Waals surface area contributed by atoms with E-state index in [1.54, 1.807) is 5.32 Å². The highest BCUT2D eigenvalue weighted by Gasteiger charge is 2.27. The van der Waals surface area contributed by atoms with Crippen molar-refractivity contribution in [1.82, 2.24) is 10.6 Å². The average molecular weight is 228 g/mol. The smallest absolute Gasteiger partial charge is 0.405 e. The predicted molar refractivity (Wildman–Crippen MR) is 44.3 cm³/mol. The molecule has 8 heteroatoms. The molecule has 15 heavy (non-hydrogen) atoms. The van der Waals surface area contributed by atoms with E-state index < -0.39 is 30.8 Å². The van der Waals surface area contributed by atoms with E-state index in [-0.39, 0.29) is 6.42 Å². The minimum atomic E-state index is -4.48. The van der Waals surface area contributed by atoms with Crippen LogP contribution < -0.4 is 10.6 Å². The maximum Gasteiger partial charge on any atom is 0.405 e. The van der Waals surface area contributed by atoms with Crippen molar-refractivity contribution in [2.75, 3.05) is 6.54 Å². The van der Waals surface area contributed by atoms with Gasteiger partial charge in [0.25, 0.3) is 0 Å². The molecule has 1 unspecified atom stereocenters. The zero-order valence-electron chi connectivity index (χ0n) is 7.89. The van der Waals surface area contributed by atoms with E-state index in [1.165, 1.54) is 6.92 Å². The summed E-state index contributed by atoms with van der Waals surface area (Å²) in [5.41, 5.74) is 0. The molecule has 0 aromatic carbocycles. The Morgan fingerprint density at radius 2 is 1.93 bits per heavy atom. The topological polar surface area (TPSA) is 78.4 Å². The van der Waals surface area contributed by atoms with E-state index in [9.17, 15) is 22.8 Å². The Bertz CT molecular complexity index is 242. The van der Waals surface area contributed by atoms with Crippen molar-refractivity contribution in [3.63, 3.8) is 0 Å². The van der Waals surface area contributed by atoms with E-state index in [0.717, 1.165) is 0 Å². The lowest BCUT2D eigenvalue weighted by atomic mass is 10.2. The highest BCUT2D eigenvalue weighted by molar-refractivity contribution is 5.75. The van der Waals surface area contributed by atoms with Crippen molar-refractivity contribution in [2.45, 2.75) is 25.6 Å². The number of carbonyl (C=O) groups is 2. The molecule has 0 radical (unpaired) electrons. The van der Waals surface area contributed by atoms with Gasteiger partial charge in [0.2, 0.25) is 0 Å². The summed E-state index contributed by atoms with van der Waals surface area (Å²) < 4.78 is 34.9. The third-order valence-corrected chi connectivity index (χ3v) is 1.31. The number of nitrogens with one attached hydrogen (secondary N) is 2. The summed E-state index contributed by atoms with van der Waals surface area (Å²) in [6.45, 7) is -0.0695. The normalized spacial score (nSPS) is 13.1. The van der Waals surface area contributed by atoms with Gasteiger partial charge in [-0.2, -0.15) is 13.2 Å². The quantitative estimate of drug-likeness (QED) is 0.663. The fraction of sp³-hybridized carbons (Fsp3) is 0.714. The first-order chi connectivity index (χ1) is 6.70. The van der Waals surface area contributed by atoms with E-state index >= 15 is 0 Å². The Morgan fingerprint density at radius 3 is 2.33 bits per heavy atom. The molecule has 0 spiro atoms. The van der Waals surface area contributed by atoms with Gasteiger partial charge in [0.05, 0.1) is 6.42 Å². The predicted octanol–water partition coefficient (Wildman–Crippen LogP) is 0.711. The molecule has 0 aliphatic carbocycles. The second-order valence-electron chi connectivity index (χ2n) is 2.94. The van der Waals surface area contributed by atoms with Gasteiger partial charge in [-0.25, -0.2) is 4.79 Å². The summed E-state index contributed by atoms with van der Waals surface area (Å²) in [6.07, 6.45) is -4.83. The van der Waals surface area contributed by atoms with Crippen LogP contribution in [0.2, 0.25) is 0 Å². The molecule has 0 aromatic rings. The number of hydrogen-bond acceptors (Lipinski definition) is 2. The molecule has 5 nitrogen and oxygen atoms in total. The van der Waals surface area contributed by atoms with Gasteiger partial charge >= 0.3 is 18.2 Å². The lowest BCUT2D eigenvalue weighted by Gasteiger charge is -2.13. The van der Waals surface area contributed by atoms with Crippen LogP contribution in [0.15, 0.2) is 0 Å². The number of halogens is 3. The van der Waals surface area contributed by atoms with Crippen LogP contribution >= 0.6 is 0 Å². The lowest BCUT2D eigenvalue weighted by Crippen LogP contribution is -2.44. The lowest BCUT2D eigenvalue weighted by molar-refractivity contribution is -0.137. The standard InChI is InChI=1S/C7H11F3N2O3/c1-4(2-5(13)14)12-6(15)11-3-7(8,9)10/h4H,2-3H2,1H3,(H,13,14)(H2,11,12,15). The molecule has 0 rings (SSSR count). The number of alkyl halides is 3. The number of carbonyl (C=O) groups excluding carboxylic acids is 1. The monoisotopic (exact) mass is 228 g/mol. The molecule has 0 heterocycles. The van der Waals surface area contributed by atoms with Crippen LogP contribution in [0.1, 0.15) is 13.3 Å². The molecule has 2 amide bonds. The zero-order valence-corrected chi connectivity index (χ0v) is 7.89. The molecule has 0 bridgehead atoms. The first kappa shape index (κ1) is 13.5. The van der Waals surface area contributed by atoms with Crippen molar-refractivity contribution < 1.29 is 27.9 Å². The van der Waals surface area contributed by atoms with Crippen LogP contribution in [0, 0.1) is 0 Å². The fourth-order valence-corrected chi connectivity index (χ4v) is 0.768. The molecule has 1 atom stereocenters. The number of carboxylic acid groups (broad SMARTS) is 1. The van der Waals surface area contributed by atoms with Gasteiger partial charge in [0, 0.05) is 6.04 Å². The van der Waals surface area contributed by atoms with Gasteiger partial charge in [-0.05, 0) is 6.92 Å². The minimum Gasteiger partial charge on any atom is -0.481 e. The van der Waals surface area contributed by atoms with Crippen LogP contribution in [-0.4, -0.2) is 35.9 Å². The van der Waals surface area contributed by atoms with Crippen molar-refractivity contribution in [3.05, 3.63) is 0 Å². The highest BCUT2D eigenvalue weighted by Crippen LogP contribution is 2.11. The Balaban J connectivity index is 3.79. The van der Waals surface area contributed by atoms with E-state index in [1.807, 2.05) is 0 Å². The molecule has 0 aromatic heterocycles. The molecule has 3 N–H and O–H groups in total. The Morgan fingerprint density at radius 1 is 1.40 bits per heavy atom. The number of amides is 2. The van der Waals surface area contributed by atoms with Crippen LogP contribution in [0.3, 0.4) is 0 Å². The number of carboxylic acids is 1. The van der Waals surface area contributed by atoms with Crippen molar-refractivity contribution in [3.8, 4) is 0 Å². The number of hydrogen-bond donors (Lipinski definition) is 3. The first-order valence-electron chi connectivity index (χ1n) is 4.03. The molecule has 0 aliphatic rings. The summed E-state index contributed by atoms with van der Waals surface area (Å²) in [5, 5.41) is 11.9. The average Bonchev–Trinajstić information content (AvgIpc) is 1.97. The van der Waals surface area contributed by atoms with Gasteiger partial charge in [0.1, 0.15) is 6.54 Å². The van der Waals surface area contributed by atoms with Gasteiger partial charge in [-0.3, -0.25) is 4.79 Å². The van der Waals surface area contributed by atoms with Gasteiger partial charge in [-0.15, -0.1) is 0 Å². The summed E-state index contributed by atoms with van der Waals surface area (Å²) in [7, 11) is 0. The molecular weight excluding hydrogens is 217 g/mol. The largest absolute Gasteiger partial charge is 0.481 e. The number of urea groups is 1. The van der Waals surface area contributed by atoms with Crippen molar-refractivity contribution >= 4 is 12.0 Å². The maximum absolute atomic E-state index is 11.6. The number of rotatable bonds is 4. The van der Waals surface area contributed by atoms with Crippen molar-refractivity contribution in [2.24, 2.45) is 0 Å². The summed E-state index contributed by atoms with van der Waals surface area (Å²) in [5.74, 6) is -1.14. The zero-order chi connectivity index (χ0) is 12.1. The Hall–Kier alpha value is -1.47. The molecule has 88 valence electrons. The van der Waals surface area contributed by atoms with Gasteiger partial charge in [0.15, 0.2) is 0 Å². The van der Waals surface area contributed by atoms with Crippen LogP contribution in [0.5, 0.6) is 0 Å². The first-order valence-corrected chi connectivity index (χ1v) is 4.03. The molecule has 0 fully saturated rings. The molecule has 0 saturated heterocycles. The third kappa shape index (κ3) is 8.85. The summed E-state index contributed by atoms with van der Waals surface area (Å²) in [4.78, 5) is 20.9.